The summed E-state index contributed by atoms with van der Waals surface area (Å²) in [6.45, 7) is 0.359. The lowest BCUT2D eigenvalue weighted by Crippen LogP contribution is -2.32. The van der Waals surface area contributed by atoms with Crippen LogP contribution in [0.15, 0.2) is 60.2 Å². The fourth-order valence-electron chi connectivity index (χ4n) is 3.08. The predicted molar refractivity (Wildman–Crippen MR) is 93.7 cm³/mol. The molecule has 0 aliphatic carbocycles. The van der Waals surface area contributed by atoms with Crippen molar-refractivity contribution >= 4 is 17.4 Å². The minimum atomic E-state index is -0.874. The number of methoxy groups -OCH3 is 1. The maximum absolute atomic E-state index is 13.8. The Kier molecular flexibility index (Phi) is 5.14. The van der Waals surface area contributed by atoms with Gasteiger partial charge in [-0.05, 0) is 17.7 Å². The second-order valence-electron chi connectivity index (χ2n) is 5.91. The van der Waals surface area contributed by atoms with Gasteiger partial charge in [0.15, 0.2) is 0 Å². The molecular weight excluding hydrogens is 337 g/mol. The number of ether oxygens (including phenoxy) is 1. The van der Waals surface area contributed by atoms with Gasteiger partial charge >= 0.3 is 0 Å². The maximum Gasteiger partial charge on any atom is 0.295 e. The highest BCUT2D eigenvalue weighted by Gasteiger charge is 2.45. The van der Waals surface area contributed by atoms with Crippen molar-refractivity contribution in [3.63, 3.8) is 0 Å². The minimum absolute atomic E-state index is 0.0529. The van der Waals surface area contributed by atoms with E-state index in [0.29, 0.717) is 11.1 Å². The third-order valence-corrected chi connectivity index (χ3v) is 4.29. The zero-order valence-corrected chi connectivity index (χ0v) is 14.2. The average molecular weight is 355 g/mol. The first-order valence-corrected chi connectivity index (χ1v) is 8.13. The minimum Gasteiger partial charge on any atom is -0.507 e. The molecule has 1 aliphatic heterocycles. The van der Waals surface area contributed by atoms with E-state index in [1.54, 1.807) is 36.4 Å². The van der Waals surface area contributed by atoms with Gasteiger partial charge in [-0.3, -0.25) is 9.59 Å². The zero-order valence-electron chi connectivity index (χ0n) is 14.2. The highest BCUT2D eigenvalue weighted by atomic mass is 19.1. The molecule has 1 N–H and O–H groups in total. The number of aliphatic hydroxyl groups excluding tert-OH is 1. The topological polar surface area (TPSA) is 66.8 Å². The molecule has 134 valence electrons. The zero-order chi connectivity index (χ0) is 18.7. The van der Waals surface area contributed by atoms with Crippen molar-refractivity contribution in [2.75, 3.05) is 20.3 Å². The normalized spacial score (nSPS) is 19.2. The van der Waals surface area contributed by atoms with Crippen LogP contribution in [0.2, 0.25) is 0 Å². The first kappa shape index (κ1) is 17.8. The Hall–Kier alpha value is -2.99. The van der Waals surface area contributed by atoms with E-state index in [2.05, 4.69) is 0 Å². The van der Waals surface area contributed by atoms with Crippen LogP contribution in [0.3, 0.4) is 0 Å². The summed E-state index contributed by atoms with van der Waals surface area (Å²) in [6.07, 6.45) is 0. The van der Waals surface area contributed by atoms with Gasteiger partial charge in [-0.15, -0.1) is 0 Å². The van der Waals surface area contributed by atoms with Crippen LogP contribution in [0.5, 0.6) is 0 Å². The van der Waals surface area contributed by atoms with E-state index in [9.17, 15) is 19.1 Å². The van der Waals surface area contributed by atoms with Crippen LogP contribution in [0, 0.1) is 5.82 Å². The van der Waals surface area contributed by atoms with E-state index in [-0.39, 0.29) is 24.5 Å². The Bertz CT molecular complexity index is 863. The van der Waals surface area contributed by atoms with Crippen molar-refractivity contribution in [3.05, 3.63) is 77.1 Å². The number of carbonyl (C=O) groups is 2. The van der Waals surface area contributed by atoms with Crippen molar-refractivity contribution in [1.29, 1.82) is 0 Å². The van der Waals surface area contributed by atoms with E-state index in [4.69, 9.17) is 4.74 Å². The molecule has 0 bridgehead atoms. The standard InChI is InChI=1S/C20H18FNO4/c1-26-11-10-22-17(14-8-5-9-15(21)12-14)16(19(24)20(22)25)18(23)13-6-3-2-4-7-13/h2-9,12,17,23H,10-11H2,1H3/b18-16-. The third kappa shape index (κ3) is 3.23. The Balaban J connectivity index is 2.16. The van der Waals surface area contributed by atoms with E-state index >= 15 is 0 Å². The number of aliphatic hydroxyl groups is 1. The molecule has 1 aliphatic rings. The molecule has 0 aromatic heterocycles. The van der Waals surface area contributed by atoms with Crippen LogP contribution < -0.4 is 0 Å². The Morgan fingerprint density at radius 1 is 1.15 bits per heavy atom. The molecule has 0 saturated carbocycles. The number of likely N-dealkylation sites (tertiary alicyclic amines) is 1. The molecule has 5 nitrogen and oxygen atoms in total. The van der Waals surface area contributed by atoms with Gasteiger partial charge in [0.2, 0.25) is 0 Å². The Morgan fingerprint density at radius 3 is 2.54 bits per heavy atom. The van der Waals surface area contributed by atoms with Gasteiger partial charge in [0.05, 0.1) is 18.2 Å². The van der Waals surface area contributed by atoms with Crippen LogP contribution in [0.4, 0.5) is 4.39 Å². The van der Waals surface area contributed by atoms with Crippen LogP contribution in [0.25, 0.3) is 5.76 Å². The maximum atomic E-state index is 13.8. The number of nitrogens with zero attached hydrogens (tertiary/aromatic N) is 1. The van der Waals surface area contributed by atoms with Gasteiger partial charge in [0.1, 0.15) is 11.6 Å². The van der Waals surface area contributed by atoms with Gasteiger partial charge in [-0.1, -0.05) is 42.5 Å². The number of benzene rings is 2. The smallest absolute Gasteiger partial charge is 0.295 e. The van der Waals surface area contributed by atoms with Gasteiger partial charge in [-0.2, -0.15) is 0 Å². The first-order chi connectivity index (χ1) is 12.5. The van der Waals surface area contributed by atoms with Crippen molar-refractivity contribution in [2.45, 2.75) is 6.04 Å². The van der Waals surface area contributed by atoms with Crippen LogP contribution >= 0.6 is 0 Å². The van der Waals surface area contributed by atoms with Crippen molar-refractivity contribution < 1.29 is 23.8 Å². The lowest BCUT2D eigenvalue weighted by molar-refractivity contribution is -0.140. The highest BCUT2D eigenvalue weighted by molar-refractivity contribution is 6.46. The summed E-state index contributed by atoms with van der Waals surface area (Å²) < 4.78 is 18.8. The van der Waals surface area contributed by atoms with Gasteiger partial charge in [-0.25, -0.2) is 4.39 Å². The molecular formula is C20H18FNO4. The van der Waals surface area contributed by atoms with Crippen molar-refractivity contribution in [3.8, 4) is 0 Å². The Labute approximate surface area is 150 Å². The fraction of sp³-hybridized carbons (Fsp3) is 0.200. The molecule has 26 heavy (non-hydrogen) atoms. The summed E-state index contributed by atoms with van der Waals surface area (Å²) in [4.78, 5) is 26.4. The second kappa shape index (κ2) is 7.49. The number of hydrogen-bond donors (Lipinski definition) is 1. The molecule has 2 aromatic rings. The van der Waals surface area contributed by atoms with E-state index in [0.717, 1.165) is 0 Å². The molecule has 1 atom stereocenters. The SMILES string of the molecule is COCCN1C(=O)C(=O)/C(=C(\O)c2ccccc2)C1c1cccc(F)c1. The third-order valence-electron chi connectivity index (χ3n) is 4.29. The summed E-state index contributed by atoms with van der Waals surface area (Å²) in [6, 6.07) is 13.3. The molecule has 1 heterocycles. The summed E-state index contributed by atoms with van der Waals surface area (Å²) in [7, 11) is 1.48. The molecule has 1 unspecified atom stereocenters. The van der Waals surface area contributed by atoms with Gasteiger partial charge in [0, 0.05) is 19.2 Å². The molecule has 6 heteroatoms. The molecule has 1 fully saturated rings. The van der Waals surface area contributed by atoms with Crippen LogP contribution in [-0.4, -0.2) is 42.0 Å². The second-order valence-corrected chi connectivity index (χ2v) is 5.91. The number of hydrogen-bond acceptors (Lipinski definition) is 4. The predicted octanol–water partition coefficient (Wildman–Crippen LogP) is 2.89. The quantitative estimate of drug-likeness (QED) is 0.509. The summed E-state index contributed by atoms with van der Waals surface area (Å²) in [5, 5.41) is 10.7. The molecule has 0 spiro atoms. The molecule has 3 rings (SSSR count). The average Bonchev–Trinajstić information content (AvgIpc) is 2.91. The summed E-state index contributed by atoms with van der Waals surface area (Å²) >= 11 is 0. The van der Waals surface area contributed by atoms with E-state index in [1.807, 2.05) is 0 Å². The fourth-order valence-corrected chi connectivity index (χ4v) is 3.08. The summed E-state index contributed by atoms with van der Waals surface area (Å²) in [5.41, 5.74) is 0.777. The number of carbonyl (C=O) groups excluding carboxylic acids is 2. The Morgan fingerprint density at radius 2 is 1.88 bits per heavy atom. The van der Waals surface area contributed by atoms with E-state index in [1.165, 1.54) is 30.2 Å². The monoisotopic (exact) mass is 355 g/mol. The molecule has 2 aromatic carbocycles. The number of amides is 1. The number of Topliss-reactive ketones (excluding diaryl/α,β-unsaturated/α-hetero) is 1. The highest BCUT2D eigenvalue weighted by Crippen LogP contribution is 2.39. The lowest BCUT2D eigenvalue weighted by Gasteiger charge is -2.25. The van der Waals surface area contributed by atoms with Crippen molar-refractivity contribution in [2.24, 2.45) is 0 Å². The lowest BCUT2D eigenvalue weighted by atomic mass is 9.95. The van der Waals surface area contributed by atoms with Crippen LogP contribution in [0.1, 0.15) is 17.2 Å². The van der Waals surface area contributed by atoms with Crippen LogP contribution in [-0.2, 0) is 14.3 Å². The molecule has 1 amide bonds. The van der Waals surface area contributed by atoms with Gasteiger partial charge in [0.25, 0.3) is 11.7 Å². The number of rotatable bonds is 5. The number of ketones is 1. The first-order valence-electron chi connectivity index (χ1n) is 8.13. The number of halogens is 1. The molecule has 0 radical (unpaired) electrons. The summed E-state index contributed by atoms with van der Waals surface area (Å²) in [5.74, 6) is -2.30. The van der Waals surface area contributed by atoms with E-state index < -0.39 is 23.5 Å². The van der Waals surface area contributed by atoms with Crippen molar-refractivity contribution in [1.82, 2.24) is 4.90 Å². The van der Waals surface area contributed by atoms with Gasteiger partial charge < -0.3 is 14.7 Å². The molecule has 1 saturated heterocycles. The largest absolute Gasteiger partial charge is 0.507 e.